The molecule has 0 radical (unpaired) electrons. The number of anilines is 1. The second-order valence-corrected chi connectivity index (χ2v) is 4.01. The first-order chi connectivity index (χ1) is 9.33. The highest BCUT2D eigenvalue weighted by Gasteiger charge is 2.11. The summed E-state index contributed by atoms with van der Waals surface area (Å²) in [6.07, 6.45) is 7.26. The smallest absolute Gasteiger partial charge is 0.260 e. The van der Waals surface area contributed by atoms with Crippen LogP contribution in [0, 0.1) is 0 Å². The van der Waals surface area contributed by atoms with Crippen LogP contribution < -0.4 is 5.73 Å². The van der Waals surface area contributed by atoms with E-state index in [-0.39, 0.29) is 0 Å². The van der Waals surface area contributed by atoms with E-state index in [0.29, 0.717) is 29.4 Å². The van der Waals surface area contributed by atoms with Crippen LogP contribution in [0.1, 0.15) is 11.4 Å². The van der Waals surface area contributed by atoms with Crippen LogP contribution in [-0.4, -0.2) is 20.1 Å². The maximum atomic E-state index is 5.82. The van der Waals surface area contributed by atoms with Crippen molar-refractivity contribution in [2.75, 3.05) is 5.73 Å². The summed E-state index contributed by atoms with van der Waals surface area (Å²) in [5.74, 6) is 1.02. The largest absolute Gasteiger partial charge is 0.397 e. The van der Waals surface area contributed by atoms with E-state index < -0.39 is 0 Å². The van der Waals surface area contributed by atoms with Crippen LogP contribution in [0.4, 0.5) is 5.69 Å². The molecule has 94 valence electrons. The summed E-state index contributed by atoms with van der Waals surface area (Å²) in [6, 6.07) is 5.58. The lowest BCUT2D eigenvalue weighted by atomic mass is 10.2. The van der Waals surface area contributed by atoms with Gasteiger partial charge >= 0.3 is 0 Å². The van der Waals surface area contributed by atoms with Gasteiger partial charge in [-0.15, -0.1) is 0 Å². The van der Waals surface area contributed by atoms with Gasteiger partial charge in [-0.25, -0.2) is 0 Å². The van der Waals surface area contributed by atoms with Gasteiger partial charge in [-0.3, -0.25) is 9.97 Å². The van der Waals surface area contributed by atoms with E-state index in [0.717, 1.165) is 5.56 Å². The Morgan fingerprint density at radius 2 is 1.84 bits per heavy atom. The average Bonchev–Trinajstić information content (AvgIpc) is 2.89. The van der Waals surface area contributed by atoms with Crippen molar-refractivity contribution in [1.29, 1.82) is 0 Å². The predicted molar refractivity (Wildman–Crippen MR) is 69.0 cm³/mol. The Balaban J connectivity index is 1.86. The minimum absolute atomic E-state index is 0.406. The predicted octanol–water partition coefficient (Wildman–Crippen LogP) is 1.70. The molecule has 6 heteroatoms. The molecule has 3 aromatic rings. The lowest BCUT2D eigenvalue weighted by molar-refractivity contribution is 0.424. The molecule has 0 aromatic carbocycles. The van der Waals surface area contributed by atoms with Crippen molar-refractivity contribution < 1.29 is 4.52 Å². The van der Waals surface area contributed by atoms with Crippen molar-refractivity contribution >= 4 is 5.69 Å². The molecule has 0 aliphatic rings. The maximum Gasteiger partial charge on any atom is 0.260 e. The quantitative estimate of drug-likeness (QED) is 0.763. The van der Waals surface area contributed by atoms with Crippen molar-refractivity contribution in [2.24, 2.45) is 0 Å². The molecule has 0 saturated carbocycles. The number of aromatic nitrogens is 4. The molecule has 6 nitrogen and oxygen atoms in total. The van der Waals surface area contributed by atoms with E-state index in [2.05, 4.69) is 20.1 Å². The minimum atomic E-state index is 0.406. The summed E-state index contributed by atoms with van der Waals surface area (Å²) in [7, 11) is 0. The fourth-order valence-electron chi connectivity index (χ4n) is 1.72. The Morgan fingerprint density at radius 1 is 1.05 bits per heavy atom. The van der Waals surface area contributed by atoms with Gasteiger partial charge in [0.25, 0.3) is 5.89 Å². The van der Waals surface area contributed by atoms with Gasteiger partial charge in [0.2, 0.25) is 0 Å². The average molecular weight is 253 g/mol. The van der Waals surface area contributed by atoms with Gasteiger partial charge in [0.15, 0.2) is 5.82 Å². The third-order valence-electron chi connectivity index (χ3n) is 2.66. The van der Waals surface area contributed by atoms with E-state index in [4.69, 9.17) is 10.3 Å². The number of hydrogen-bond donors (Lipinski definition) is 1. The number of pyridine rings is 2. The van der Waals surface area contributed by atoms with Crippen molar-refractivity contribution in [2.45, 2.75) is 6.42 Å². The summed E-state index contributed by atoms with van der Waals surface area (Å²) < 4.78 is 5.22. The summed E-state index contributed by atoms with van der Waals surface area (Å²) in [5.41, 5.74) is 8.10. The van der Waals surface area contributed by atoms with Gasteiger partial charge < -0.3 is 10.3 Å². The third kappa shape index (κ3) is 2.42. The Hall–Kier alpha value is -2.76. The fraction of sp³-hybridized carbons (Fsp3) is 0.0769. The SMILES string of the molecule is Nc1cnccc1-c1nc(Cc2ccncc2)no1. The molecule has 0 atom stereocenters. The molecule has 3 heterocycles. The first-order valence-corrected chi connectivity index (χ1v) is 5.74. The molecule has 0 amide bonds. The molecule has 19 heavy (non-hydrogen) atoms. The Bertz CT molecular complexity index is 680. The highest BCUT2D eigenvalue weighted by atomic mass is 16.5. The van der Waals surface area contributed by atoms with Crippen LogP contribution in [0.25, 0.3) is 11.5 Å². The third-order valence-corrected chi connectivity index (χ3v) is 2.66. The first kappa shape index (κ1) is 11.3. The normalized spacial score (nSPS) is 10.5. The van der Waals surface area contributed by atoms with E-state index in [9.17, 15) is 0 Å². The lowest BCUT2D eigenvalue weighted by Crippen LogP contribution is -1.92. The summed E-state index contributed by atoms with van der Waals surface area (Å²) >= 11 is 0. The van der Waals surface area contributed by atoms with Crippen molar-refractivity contribution in [3.63, 3.8) is 0 Å². The van der Waals surface area contributed by atoms with Gasteiger partial charge in [-0.05, 0) is 23.8 Å². The van der Waals surface area contributed by atoms with Crippen molar-refractivity contribution in [1.82, 2.24) is 20.1 Å². The monoisotopic (exact) mass is 253 g/mol. The molecule has 0 aliphatic carbocycles. The number of nitrogens with two attached hydrogens (primary N) is 1. The molecular formula is C13H11N5O. The van der Waals surface area contributed by atoms with Gasteiger partial charge in [-0.1, -0.05) is 5.16 Å². The molecule has 3 aromatic heterocycles. The topological polar surface area (TPSA) is 90.7 Å². The molecule has 0 aliphatic heterocycles. The zero-order chi connectivity index (χ0) is 13.1. The number of nitrogens with zero attached hydrogens (tertiary/aromatic N) is 4. The molecule has 2 N–H and O–H groups in total. The highest BCUT2D eigenvalue weighted by Crippen LogP contribution is 2.22. The number of rotatable bonds is 3. The van der Waals surface area contributed by atoms with Crippen LogP contribution in [0.5, 0.6) is 0 Å². The van der Waals surface area contributed by atoms with E-state index in [1.165, 1.54) is 0 Å². The first-order valence-electron chi connectivity index (χ1n) is 5.74. The van der Waals surface area contributed by atoms with Gasteiger partial charge in [0.1, 0.15) is 0 Å². The van der Waals surface area contributed by atoms with Crippen LogP contribution in [0.3, 0.4) is 0 Å². The van der Waals surface area contributed by atoms with Crippen LogP contribution in [0.2, 0.25) is 0 Å². The Labute approximate surface area is 109 Å². The lowest BCUT2D eigenvalue weighted by Gasteiger charge is -1.97. The fourth-order valence-corrected chi connectivity index (χ4v) is 1.72. The number of nitrogen functional groups attached to an aromatic ring is 1. The van der Waals surface area contributed by atoms with Crippen LogP contribution >= 0.6 is 0 Å². The number of hydrogen-bond acceptors (Lipinski definition) is 6. The molecule has 0 saturated heterocycles. The molecule has 0 unspecified atom stereocenters. The second-order valence-electron chi connectivity index (χ2n) is 4.01. The van der Waals surface area contributed by atoms with Gasteiger partial charge in [0.05, 0.1) is 17.4 Å². The molecule has 0 fully saturated rings. The zero-order valence-corrected chi connectivity index (χ0v) is 10.0. The molecular weight excluding hydrogens is 242 g/mol. The van der Waals surface area contributed by atoms with Crippen molar-refractivity contribution in [3.05, 3.63) is 54.4 Å². The van der Waals surface area contributed by atoms with E-state index in [1.54, 1.807) is 30.9 Å². The summed E-state index contributed by atoms with van der Waals surface area (Å²) in [6.45, 7) is 0. The minimum Gasteiger partial charge on any atom is -0.397 e. The molecule has 3 rings (SSSR count). The molecule has 0 spiro atoms. The van der Waals surface area contributed by atoms with E-state index in [1.807, 2.05) is 12.1 Å². The zero-order valence-electron chi connectivity index (χ0n) is 10.0. The summed E-state index contributed by atoms with van der Waals surface area (Å²) in [5, 5.41) is 3.95. The Morgan fingerprint density at radius 3 is 2.63 bits per heavy atom. The second kappa shape index (κ2) is 4.85. The maximum absolute atomic E-state index is 5.82. The highest BCUT2D eigenvalue weighted by molar-refractivity contribution is 5.68. The molecule has 0 bridgehead atoms. The van der Waals surface area contributed by atoms with Crippen molar-refractivity contribution in [3.8, 4) is 11.5 Å². The Kier molecular flexibility index (Phi) is 2.89. The summed E-state index contributed by atoms with van der Waals surface area (Å²) in [4.78, 5) is 12.2. The van der Waals surface area contributed by atoms with E-state index >= 15 is 0 Å². The van der Waals surface area contributed by atoms with Gasteiger partial charge in [0, 0.05) is 25.0 Å². The van der Waals surface area contributed by atoms with Crippen LogP contribution in [0.15, 0.2) is 47.5 Å². The van der Waals surface area contributed by atoms with Gasteiger partial charge in [-0.2, -0.15) is 4.98 Å². The van der Waals surface area contributed by atoms with Crippen LogP contribution in [-0.2, 0) is 6.42 Å². The standard InChI is InChI=1S/C13H11N5O/c14-11-8-16-6-3-10(11)13-17-12(18-19-13)7-9-1-4-15-5-2-9/h1-6,8H,7,14H2.